The van der Waals surface area contributed by atoms with E-state index in [4.69, 9.17) is 21.3 Å². The van der Waals surface area contributed by atoms with Crippen molar-refractivity contribution in [2.45, 2.75) is 30.6 Å². The molecule has 1 aliphatic heterocycles. The topological polar surface area (TPSA) is 207 Å². The molecule has 8 N–H and O–H groups in total. The number of ether oxygens (including phenoxy) is 1. The molecule has 0 radical (unpaired) electrons. The lowest BCUT2D eigenvalue weighted by molar-refractivity contribution is -0.254. The van der Waals surface area contributed by atoms with Gasteiger partial charge in [0.05, 0.1) is 6.61 Å². The van der Waals surface area contributed by atoms with Crippen molar-refractivity contribution >= 4 is 11.8 Å². The van der Waals surface area contributed by atoms with E-state index < -0.39 is 60.5 Å². The second kappa shape index (κ2) is 5.94. The van der Waals surface area contributed by atoms with Gasteiger partial charge in [0.15, 0.2) is 17.6 Å². The Labute approximate surface area is 122 Å². The van der Waals surface area contributed by atoms with Gasteiger partial charge in [0.1, 0.15) is 24.4 Å². The number of carbonyl (C=O) groups is 2. The molecule has 5 atom stereocenters. The number of hydrogen-bond donors (Lipinski definition) is 6. The summed E-state index contributed by atoms with van der Waals surface area (Å²) in [6.07, 6.45) is -7.76. The highest BCUT2D eigenvalue weighted by atomic mass is 16.6. The van der Waals surface area contributed by atoms with Crippen LogP contribution in [0.1, 0.15) is 27.2 Å². The zero-order chi connectivity index (χ0) is 16.6. The van der Waals surface area contributed by atoms with Gasteiger partial charge in [-0.2, -0.15) is 0 Å². The fraction of sp³-hybridized carbons (Fsp3) is 0.600. The third-order valence-corrected chi connectivity index (χ3v) is 3.27. The highest BCUT2D eigenvalue weighted by Gasteiger charge is 2.46. The first-order chi connectivity index (χ1) is 10.3. The smallest absolute Gasteiger partial charge is 0.271 e. The van der Waals surface area contributed by atoms with Crippen LogP contribution in [0, 0.1) is 0 Å². The van der Waals surface area contributed by atoms with Crippen molar-refractivity contribution in [3.63, 3.8) is 0 Å². The Hall–Kier alpha value is -2.12. The standard InChI is InChI=1S/C10H15N5O7/c11-8(20)3-4(9(12)21)15(14-13-3)10-7(19)6(18)5(17)2(1-16)22-10/h2,5-7,10,16-19H,1H2,(H2,11,20)(H2,12,21)/t2-,5-,6+,7-,10-/m1/s1. The molecule has 0 saturated carbocycles. The minimum Gasteiger partial charge on any atom is -0.394 e. The van der Waals surface area contributed by atoms with E-state index in [0.717, 1.165) is 0 Å². The molecule has 2 rings (SSSR count). The Morgan fingerprint density at radius 2 is 1.77 bits per heavy atom. The number of nitrogens with two attached hydrogens (primary N) is 2. The highest BCUT2D eigenvalue weighted by molar-refractivity contribution is 6.03. The van der Waals surface area contributed by atoms with E-state index in [2.05, 4.69) is 10.3 Å². The van der Waals surface area contributed by atoms with Crippen molar-refractivity contribution < 1.29 is 34.8 Å². The Kier molecular flexibility index (Phi) is 4.39. The van der Waals surface area contributed by atoms with E-state index in [0.29, 0.717) is 4.68 Å². The first-order valence-electron chi connectivity index (χ1n) is 6.14. The van der Waals surface area contributed by atoms with Crippen molar-refractivity contribution in [1.82, 2.24) is 15.0 Å². The molecule has 0 bridgehead atoms. The molecule has 22 heavy (non-hydrogen) atoms. The molecule has 2 heterocycles. The number of aromatic nitrogens is 3. The summed E-state index contributed by atoms with van der Waals surface area (Å²) in [5.74, 6) is -2.19. The summed E-state index contributed by atoms with van der Waals surface area (Å²) < 4.78 is 5.86. The molecular formula is C10H15N5O7. The molecule has 122 valence electrons. The SMILES string of the molecule is NC(=O)c1nnn([C@@H]2O[C@H](CO)[C@@H](O)[C@H](O)[C@H]2O)c1C(N)=O. The van der Waals surface area contributed by atoms with Gasteiger partial charge in [-0.25, -0.2) is 4.68 Å². The normalized spacial score (nSPS) is 31.9. The Morgan fingerprint density at radius 1 is 1.14 bits per heavy atom. The van der Waals surface area contributed by atoms with Crippen molar-refractivity contribution in [2.24, 2.45) is 11.5 Å². The summed E-state index contributed by atoms with van der Waals surface area (Å²) in [7, 11) is 0. The Balaban J connectivity index is 2.46. The summed E-state index contributed by atoms with van der Waals surface area (Å²) >= 11 is 0. The predicted octanol–water partition coefficient (Wildman–Crippen LogP) is -4.55. The summed E-state index contributed by atoms with van der Waals surface area (Å²) in [6, 6.07) is 0. The molecule has 12 nitrogen and oxygen atoms in total. The first-order valence-corrected chi connectivity index (χ1v) is 6.14. The van der Waals surface area contributed by atoms with E-state index in [-0.39, 0.29) is 0 Å². The van der Waals surface area contributed by atoms with Gasteiger partial charge < -0.3 is 36.6 Å². The largest absolute Gasteiger partial charge is 0.394 e. The van der Waals surface area contributed by atoms with Gasteiger partial charge in [-0.15, -0.1) is 5.10 Å². The fourth-order valence-electron chi connectivity index (χ4n) is 2.15. The van der Waals surface area contributed by atoms with Gasteiger partial charge >= 0.3 is 0 Å². The van der Waals surface area contributed by atoms with Gasteiger partial charge in [0, 0.05) is 0 Å². The van der Waals surface area contributed by atoms with Crippen LogP contribution in [0.2, 0.25) is 0 Å². The summed E-state index contributed by atoms with van der Waals surface area (Å²) in [4.78, 5) is 22.7. The van der Waals surface area contributed by atoms with E-state index in [1.54, 1.807) is 0 Å². The zero-order valence-electron chi connectivity index (χ0n) is 11.1. The number of hydrogen-bond acceptors (Lipinski definition) is 9. The molecule has 0 unspecified atom stereocenters. The number of rotatable bonds is 4. The van der Waals surface area contributed by atoms with Crippen LogP contribution in [-0.4, -0.2) is 78.3 Å². The zero-order valence-corrected chi connectivity index (χ0v) is 11.1. The second-order valence-electron chi connectivity index (χ2n) is 4.68. The number of aliphatic hydroxyl groups excluding tert-OH is 4. The number of amides is 2. The molecule has 1 aromatic heterocycles. The maximum Gasteiger partial charge on any atom is 0.271 e. The maximum absolute atomic E-state index is 11.5. The summed E-state index contributed by atoms with van der Waals surface area (Å²) in [5.41, 5.74) is 9.10. The fourth-order valence-corrected chi connectivity index (χ4v) is 2.15. The van der Waals surface area contributed by atoms with Crippen LogP contribution in [0.3, 0.4) is 0 Å². The highest BCUT2D eigenvalue weighted by Crippen LogP contribution is 2.29. The number of aliphatic hydroxyl groups is 4. The van der Waals surface area contributed by atoms with Crippen molar-refractivity contribution in [3.8, 4) is 0 Å². The molecule has 0 aromatic carbocycles. The van der Waals surface area contributed by atoms with E-state index in [1.807, 2.05) is 0 Å². The van der Waals surface area contributed by atoms with Crippen LogP contribution in [0.25, 0.3) is 0 Å². The van der Waals surface area contributed by atoms with Gasteiger partial charge in [-0.1, -0.05) is 5.21 Å². The Bertz CT molecular complexity index is 588. The first kappa shape index (κ1) is 16.3. The van der Waals surface area contributed by atoms with Crippen LogP contribution in [-0.2, 0) is 4.74 Å². The van der Waals surface area contributed by atoms with Crippen LogP contribution in [0.5, 0.6) is 0 Å². The minimum atomic E-state index is -1.72. The third kappa shape index (κ3) is 2.53. The molecule has 1 saturated heterocycles. The van der Waals surface area contributed by atoms with Crippen molar-refractivity contribution in [1.29, 1.82) is 0 Å². The number of nitrogens with zero attached hydrogens (tertiary/aromatic N) is 3. The number of carbonyl (C=O) groups excluding carboxylic acids is 2. The van der Waals surface area contributed by atoms with Gasteiger partial charge in [0.2, 0.25) is 0 Å². The quantitative estimate of drug-likeness (QED) is 0.315. The third-order valence-electron chi connectivity index (χ3n) is 3.27. The minimum absolute atomic E-state index is 0.531. The van der Waals surface area contributed by atoms with Crippen LogP contribution >= 0.6 is 0 Å². The predicted molar refractivity (Wildman–Crippen MR) is 66.1 cm³/mol. The summed E-state index contributed by atoms with van der Waals surface area (Å²) in [6.45, 7) is -0.676. The monoisotopic (exact) mass is 317 g/mol. The lowest BCUT2D eigenvalue weighted by Crippen LogP contribution is -2.57. The molecular weight excluding hydrogens is 302 g/mol. The molecule has 1 aliphatic rings. The lowest BCUT2D eigenvalue weighted by Gasteiger charge is -2.39. The molecule has 0 aliphatic carbocycles. The van der Waals surface area contributed by atoms with E-state index >= 15 is 0 Å². The van der Waals surface area contributed by atoms with Gasteiger partial charge in [-0.3, -0.25) is 9.59 Å². The summed E-state index contributed by atoms with van der Waals surface area (Å²) in [5, 5.41) is 45.3. The molecule has 1 fully saturated rings. The van der Waals surface area contributed by atoms with Crippen molar-refractivity contribution in [2.75, 3.05) is 6.61 Å². The second-order valence-corrected chi connectivity index (χ2v) is 4.68. The van der Waals surface area contributed by atoms with Crippen molar-refractivity contribution in [3.05, 3.63) is 11.4 Å². The molecule has 12 heteroatoms. The van der Waals surface area contributed by atoms with Gasteiger partial charge in [0.25, 0.3) is 11.8 Å². The van der Waals surface area contributed by atoms with E-state index in [9.17, 15) is 24.9 Å². The average molecular weight is 317 g/mol. The average Bonchev–Trinajstić information content (AvgIpc) is 2.90. The maximum atomic E-state index is 11.5. The lowest BCUT2D eigenvalue weighted by atomic mass is 9.98. The van der Waals surface area contributed by atoms with Gasteiger partial charge in [-0.05, 0) is 0 Å². The van der Waals surface area contributed by atoms with Crippen LogP contribution in [0.15, 0.2) is 0 Å². The van der Waals surface area contributed by atoms with E-state index in [1.165, 1.54) is 0 Å². The number of primary amides is 2. The molecule has 0 spiro atoms. The molecule has 1 aromatic rings. The molecule has 2 amide bonds. The van der Waals surface area contributed by atoms with Crippen LogP contribution in [0.4, 0.5) is 0 Å². The van der Waals surface area contributed by atoms with Crippen LogP contribution < -0.4 is 11.5 Å². The Morgan fingerprint density at radius 3 is 2.27 bits per heavy atom.